The monoisotopic (exact) mass is 439 g/mol. The van der Waals surface area contributed by atoms with Crippen molar-refractivity contribution < 1.29 is 9.53 Å². The first-order valence-electron chi connectivity index (χ1n) is 8.69. The van der Waals surface area contributed by atoms with Gasteiger partial charge in [-0.2, -0.15) is 0 Å². The first-order valence-corrected chi connectivity index (χ1v) is 10.7. The van der Waals surface area contributed by atoms with E-state index >= 15 is 0 Å². The minimum atomic E-state index is 0.0560. The summed E-state index contributed by atoms with van der Waals surface area (Å²) in [5, 5.41) is 0. The Hall–Kier alpha value is -0.850. The summed E-state index contributed by atoms with van der Waals surface area (Å²) in [6, 6.07) is 6.15. The molecule has 1 aromatic carbocycles. The van der Waals surface area contributed by atoms with E-state index in [-0.39, 0.29) is 18.1 Å². The number of ether oxygens (including phenoxy) is 1. The third kappa shape index (κ3) is 4.47. The number of amides is 1. The minimum absolute atomic E-state index is 0.0560. The van der Waals surface area contributed by atoms with Gasteiger partial charge in [0.1, 0.15) is 10.1 Å². The van der Waals surface area contributed by atoms with Crippen LogP contribution in [-0.2, 0) is 4.79 Å². The van der Waals surface area contributed by atoms with Gasteiger partial charge >= 0.3 is 0 Å². The molecule has 3 nitrogen and oxygen atoms in total. The molecule has 0 aromatic heterocycles. The largest absolute Gasteiger partial charge is 0.490 e. The number of carbonyl (C=O) groups is 1. The molecule has 1 aromatic rings. The lowest BCUT2D eigenvalue weighted by atomic mass is 9.94. The van der Waals surface area contributed by atoms with Crippen LogP contribution in [0.1, 0.15) is 51.5 Å². The Labute approximate surface area is 167 Å². The van der Waals surface area contributed by atoms with Crippen LogP contribution in [0.2, 0.25) is 0 Å². The van der Waals surface area contributed by atoms with Crippen molar-refractivity contribution in [3.8, 4) is 5.75 Å². The Balaban J connectivity index is 1.78. The average molecular weight is 440 g/mol. The lowest BCUT2D eigenvalue weighted by Crippen LogP contribution is -2.39. The lowest BCUT2D eigenvalue weighted by Gasteiger charge is -2.29. The van der Waals surface area contributed by atoms with Gasteiger partial charge in [0.05, 0.1) is 15.5 Å². The van der Waals surface area contributed by atoms with E-state index in [9.17, 15) is 4.79 Å². The Morgan fingerprint density at radius 1 is 1.32 bits per heavy atom. The molecule has 0 radical (unpaired) electrons. The molecule has 0 spiro atoms. The number of benzene rings is 1. The van der Waals surface area contributed by atoms with Gasteiger partial charge in [-0.25, -0.2) is 0 Å². The quantitative estimate of drug-likeness (QED) is 0.439. The van der Waals surface area contributed by atoms with Gasteiger partial charge in [0, 0.05) is 6.04 Å². The minimum Gasteiger partial charge on any atom is -0.490 e. The second kappa shape index (κ2) is 8.23. The summed E-state index contributed by atoms with van der Waals surface area (Å²) in [7, 11) is 0. The molecule has 1 amide bonds. The third-order valence-electron chi connectivity index (χ3n) is 4.38. The second-order valence-electron chi connectivity index (χ2n) is 6.70. The van der Waals surface area contributed by atoms with E-state index in [0.29, 0.717) is 9.23 Å². The number of thiocarbonyl (C=S) groups is 1. The summed E-state index contributed by atoms with van der Waals surface area (Å²) in [5.41, 5.74) is 0.965. The van der Waals surface area contributed by atoms with E-state index in [1.807, 2.05) is 43.0 Å². The molecule has 1 aliphatic carbocycles. The van der Waals surface area contributed by atoms with Crippen LogP contribution < -0.4 is 4.74 Å². The van der Waals surface area contributed by atoms with Crippen molar-refractivity contribution in [1.82, 2.24) is 4.90 Å². The van der Waals surface area contributed by atoms with Crippen LogP contribution in [0.5, 0.6) is 5.75 Å². The highest BCUT2D eigenvalue weighted by atomic mass is 79.9. The highest BCUT2D eigenvalue weighted by Gasteiger charge is 2.37. The predicted octanol–water partition coefficient (Wildman–Crippen LogP) is 5.77. The van der Waals surface area contributed by atoms with Gasteiger partial charge in [0.15, 0.2) is 0 Å². The lowest BCUT2D eigenvalue weighted by molar-refractivity contribution is -0.124. The molecule has 25 heavy (non-hydrogen) atoms. The molecule has 0 unspecified atom stereocenters. The fourth-order valence-corrected chi connectivity index (χ4v) is 5.13. The number of rotatable bonds is 4. The zero-order chi connectivity index (χ0) is 18.0. The van der Waals surface area contributed by atoms with E-state index in [1.54, 1.807) is 0 Å². The van der Waals surface area contributed by atoms with Crippen LogP contribution in [0.25, 0.3) is 6.08 Å². The number of carbonyl (C=O) groups excluding carboxylic acids is 1. The number of thioether (sulfide) groups is 1. The van der Waals surface area contributed by atoms with Crippen molar-refractivity contribution in [1.29, 1.82) is 0 Å². The van der Waals surface area contributed by atoms with Crippen LogP contribution >= 0.6 is 39.9 Å². The summed E-state index contributed by atoms with van der Waals surface area (Å²) in [4.78, 5) is 15.4. The molecule has 2 aliphatic rings. The van der Waals surface area contributed by atoms with Crippen LogP contribution in [-0.4, -0.2) is 27.3 Å². The number of hydrogen-bond donors (Lipinski definition) is 0. The van der Waals surface area contributed by atoms with Crippen molar-refractivity contribution >= 4 is 56.2 Å². The Morgan fingerprint density at radius 3 is 2.68 bits per heavy atom. The molecule has 0 N–H and O–H groups in total. The summed E-state index contributed by atoms with van der Waals surface area (Å²) in [5.74, 6) is 0.863. The zero-order valence-electron chi connectivity index (χ0n) is 14.5. The standard InChI is InChI=1S/C19H22BrNO2S2/c1-12(2)23-16-9-8-13(10-15(16)20)11-17-18(22)21(19(24)25-17)14-6-4-3-5-7-14/h8-12,14H,3-7H2,1-2H3/b17-11+. The molecular formula is C19H22BrNO2S2. The SMILES string of the molecule is CC(C)Oc1ccc(/C=C2/SC(=S)N(C3CCCCC3)C2=O)cc1Br. The van der Waals surface area contributed by atoms with Crippen molar-refractivity contribution in [2.45, 2.75) is 58.1 Å². The van der Waals surface area contributed by atoms with Gasteiger partial charge < -0.3 is 4.74 Å². The Kier molecular flexibility index (Phi) is 6.23. The van der Waals surface area contributed by atoms with Crippen molar-refractivity contribution in [2.75, 3.05) is 0 Å². The summed E-state index contributed by atoms with van der Waals surface area (Å²) in [6.07, 6.45) is 7.80. The molecule has 0 atom stereocenters. The van der Waals surface area contributed by atoms with Crippen molar-refractivity contribution in [2.24, 2.45) is 0 Å². The number of nitrogens with zero attached hydrogens (tertiary/aromatic N) is 1. The smallest absolute Gasteiger partial charge is 0.266 e. The van der Waals surface area contributed by atoms with Crippen LogP contribution in [0, 0.1) is 0 Å². The van der Waals surface area contributed by atoms with Crippen LogP contribution in [0.3, 0.4) is 0 Å². The maximum Gasteiger partial charge on any atom is 0.266 e. The van der Waals surface area contributed by atoms with Crippen LogP contribution in [0.15, 0.2) is 27.6 Å². The molecular weight excluding hydrogens is 418 g/mol. The topological polar surface area (TPSA) is 29.5 Å². The molecule has 1 saturated carbocycles. The first kappa shape index (κ1) is 18.9. The maximum absolute atomic E-state index is 12.8. The molecule has 2 fully saturated rings. The second-order valence-corrected chi connectivity index (χ2v) is 9.23. The number of hydrogen-bond acceptors (Lipinski definition) is 4. The van der Waals surface area contributed by atoms with Crippen molar-refractivity contribution in [3.05, 3.63) is 33.1 Å². The van der Waals surface area contributed by atoms with Gasteiger partial charge in [-0.1, -0.05) is 49.3 Å². The first-order chi connectivity index (χ1) is 12.0. The molecule has 3 rings (SSSR count). The van der Waals surface area contributed by atoms with Gasteiger partial charge in [0.25, 0.3) is 5.91 Å². The van der Waals surface area contributed by atoms with Crippen molar-refractivity contribution in [3.63, 3.8) is 0 Å². The summed E-state index contributed by atoms with van der Waals surface area (Å²) < 4.78 is 7.32. The molecule has 1 aliphatic heterocycles. The van der Waals surface area contributed by atoms with E-state index in [0.717, 1.165) is 28.6 Å². The van der Waals surface area contributed by atoms with E-state index in [4.69, 9.17) is 17.0 Å². The fraction of sp³-hybridized carbons (Fsp3) is 0.474. The van der Waals surface area contributed by atoms with Gasteiger partial charge in [-0.15, -0.1) is 0 Å². The van der Waals surface area contributed by atoms with E-state index in [2.05, 4.69) is 15.9 Å². The summed E-state index contributed by atoms with van der Waals surface area (Å²) >= 11 is 10.4. The maximum atomic E-state index is 12.8. The molecule has 0 bridgehead atoms. The summed E-state index contributed by atoms with van der Waals surface area (Å²) in [6.45, 7) is 3.99. The fourth-order valence-electron chi connectivity index (χ4n) is 3.24. The zero-order valence-corrected chi connectivity index (χ0v) is 17.7. The van der Waals surface area contributed by atoms with Gasteiger partial charge in [-0.3, -0.25) is 9.69 Å². The predicted molar refractivity (Wildman–Crippen MR) is 112 cm³/mol. The normalized spacial score (nSPS) is 20.8. The highest BCUT2D eigenvalue weighted by molar-refractivity contribution is 9.10. The van der Waals surface area contributed by atoms with Crippen LogP contribution in [0.4, 0.5) is 0 Å². The number of halogens is 1. The van der Waals surface area contributed by atoms with Gasteiger partial charge in [0.2, 0.25) is 0 Å². The molecule has 6 heteroatoms. The van der Waals surface area contributed by atoms with Gasteiger partial charge in [-0.05, 0) is 66.4 Å². The molecule has 1 heterocycles. The third-order valence-corrected chi connectivity index (χ3v) is 6.33. The van der Waals surface area contributed by atoms with E-state index < -0.39 is 0 Å². The van der Waals surface area contributed by atoms with E-state index in [1.165, 1.54) is 31.0 Å². The molecule has 134 valence electrons. The Bertz CT molecular complexity index is 711. The Morgan fingerprint density at radius 2 is 2.04 bits per heavy atom. The molecule has 1 saturated heterocycles. The average Bonchev–Trinajstić information content (AvgIpc) is 2.84. The highest BCUT2D eigenvalue weighted by Crippen LogP contribution is 2.38.